The first kappa shape index (κ1) is 16.5. The fourth-order valence-corrected chi connectivity index (χ4v) is 1.94. The van der Waals surface area contributed by atoms with Crippen LogP contribution >= 0.6 is 0 Å². The van der Waals surface area contributed by atoms with E-state index in [1.54, 1.807) is 6.07 Å². The number of halogens is 1. The molecular formula is C17H24FNO. The molecule has 0 heterocycles. The van der Waals surface area contributed by atoms with Crippen molar-refractivity contribution in [3.63, 3.8) is 0 Å². The van der Waals surface area contributed by atoms with Crippen LogP contribution < -0.4 is 10.5 Å². The third-order valence-corrected chi connectivity index (χ3v) is 3.02. The molecule has 0 fully saturated rings. The lowest BCUT2D eigenvalue weighted by Crippen LogP contribution is -2.00. The summed E-state index contributed by atoms with van der Waals surface area (Å²) >= 11 is 0. The Balaban J connectivity index is 2.39. The molecule has 0 saturated heterocycles. The van der Waals surface area contributed by atoms with Gasteiger partial charge in [0.2, 0.25) is 0 Å². The highest BCUT2D eigenvalue weighted by Gasteiger charge is 2.03. The van der Waals surface area contributed by atoms with Crippen molar-refractivity contribution in [1.82, 2.24) is 0 Å². The van der Waals surface area contributed by atoms with Gasteiger partial charge < -0.3 is 10.5 Å². The molecule has 0 radical (unpaired) electrons. The van der Waals surface area contributed by atoms with E-state index in [-0.39, 0.29) is 12.4 Å². The minimum Gasteiger partial charge on any atom is -0.492 e. The summed E-state index contributed by atoms with van der Waals surface area (Å²) in [6.45, 7) is 3.12. The molecule has 0 saturated carbocycles. The smallest absolute Gasteiger partial charge is 0.135 e. The van der Waals surface area contributed by atoms with Crippen LogP contribution in [0.2, 0.25) is 0 Å². The van der Waals surface area contributed by atoms with Crippen LogP contribution in [0.25, 0.3) is 0 Å². The van der Waals surface area contributed by atoms with Crippen LogP contribution in [0.1, 0.15) is 51.0 Å². The Bertz CT molecular complexity index is 448. The topological polar surface area (TPSA) is 35.2 Å². The van der Waals surface area contributed by atoms with E-state index in [1.165, 1.54) is 44.2 Å². The predicted molar refractivity (Wildman–Crippen MR) is 81.2 cm³/mol. The molecule has 0 aliphatic heterocycles. The molecule has 0 amide bonds. The molecular weight excluding hydrogens is 253 g/mol. The predicted octanol–water partition coefficient (Wildman–Crippen LogP) is 3.88. The monoisotopic (exact) mass is 277 g/mol. The molecule has 2 nitrogen and oxygen atoms in total. The van der Waals surface area contributed by atoms with Crippen LogP contribution in [0.4, 0.5) is 4.39 Å². The second-order valence-electron chi connectivity index (χ2n) is 4.76. The summed E-state index contributed by atoms with van der Waals surface area (Å²) in [7, 11) is 0. The lowest BCUT2D eigenvalue weighted by Gasteiger charge is -2.08. The Kier molecular flexibility index (Phi) is 8.49. The Morgan fingerprint density at radius 2 is 1.90 bits per heavy atom. The Morgan fingerprint density at radius 3 is 2.65 bits per heavy atom. The second-order valence-corrected chi connectivity index (χ2v) is 4.76. The van der Waals surface area contributed by atoms with Crippen molar-refractivity contribution >= 4 is 0 Å². The largest absolute Gasteiger partial charge is 0.492 e. The highest BCUT2D eigenvalue weighted by molar-refractivity contribution is 5.46. The Morgan fingerprint density at radius 1 is 1.15 bits per heavy atom. The highest BCUT2D eigenvalue weighted by Crippen LogP contribution is 2.19. The van der Waals surface area contributed by atoms with Crippen molar-refractivity contribution in [1.29, 1.82) is 0 Å². The van der Waals surface area contributed by atoms with Gasteiger partial charge in [-0.15, -0.1) is 0 Å². The molecule has 0 aromatic heterocycles. The Hall–Kier alpha value is -1.53. The van der Waals surface area contributed by atoms with Crippen LogP contribution in [0, 0.1) is 17.7 Å². The van der Waals surface area contributed by atoms with Gasteiger partial charge in [0.1, 0.15) is 11.6 Å². The normalized spacial score (nSPS) is 9.95. The van der Waals surface area contributed by atoms with Gasteiger partial charge in [0.05, 0.1) is 18.7 Å². The average molecular weight is 277 g/mol. The van der Waals surface area contributed by atoms with E-state index in [1.807, 2.05) is 0 Å². The maximum Gasteiger partial charge on any atom is 0.135 e. The molecule has 1 aromatic rings. The van der Waals surface area contributed by atoms with Gasteiger partial charge in [-0.05, 0) is 24.6 Å². The van der Waals surface area contributed by atoms with Gasteiger partial charge in [-0.25, -0.2) is 4.39 Å². The second kappa shape index (κ2) is 10.3. The van der Waals surface area contributed by atoms with E-state index in [9.17, 15) is 4.39 Å². The first-order valence-corrected chi connectivity index (χ1v) is 7.39. The molecule has 1 rings (SSSR count). The number of hydrogen-bond donors (Lipinski definition) is 1. The van der Waals surface area contributed by atoms with Crippen LogP contribution in [0.15, 0.2) is 18.2 Å². The summed E-state index contributed by atoms with van der Waals surface area (Å²) < 4.78 is 18.9. The SMILES string of the molecule is CCCCCCCCOc1ccc(F)cc1C#CCN. The quantitative estimate of drug-likeness (QED) is 0.578. The van der Waals surface area contributed by atoms with Gasteiger partial charge in [-0.2, -0.15) is 0 Å². The van der Waals surface area contributed by atoms with Crippen LogP contribution in [0.5, 0.6) is 5.75 Å². The number of rotatable bonds is 8. The third kappa shape index (κ3) is 6.58. The lowest BCUT2D eigenvalue weighted by atomic mass is 10.1. The van der Waals surface area contributed by atoms with Crippen LogP contribution in [-0.2, 0) is 0 Å². The zero-order valence-electron chi connectivity index (χ0n) is 12.3. The van der Waals surface area contributed by atoms with Gasteiger partial charge in [0, 0.05) is 0 Å². The fourth-order valence-electron chi connectivity index (χ4n) is 1.94. The van der Waals surface area contributed by atoms with E-state index in [4.69, 9.17) is 10.5 Å². The van der Waals surface area contributed by atoms with Gasteiger partial charge in [0.25, 0.3) is 0 Å². The molecule has 0 aliphatic rings. The van der Waals surface area contributed by atoms with Crippen LogP contribution in [-0.4, -0.2) is 13.2 Å². The van der Waals surface area contributed by atoms with E-state index in [2.05, 4.69) is 18.8 Å². The third-order valence-electron chi connectivity index (χ3n) is 3.02. The lowest BCUT2D eigenvalue weighted by molar-refractivity contribution is 0.303. The van der Waals surface area contributed by atoms with Crippen molar-refractivity contribution in [3.05, 3.63) is 29.6 Å². The zero-order valence-corrected chi connectivity index (χ0v) is 12.3. The Labute approximate surface area is 121 Å². The van der Waals surface area contributed by atoms with Gasteiger partial charge >= 0.3 is 0 Å². The average Bonchev–Trinajstić information content (AvgIpc) is 2.45. The molecule has 0 aliphatic carbocycles. The summed E-state index contributed by atoms with van der Waals surface area (Å²) in [5.41, 5.74) is 5.91. The minimum atomic E-state index is -0.307. The molecule has 0 unspecified atom stereocenters. The van der Waals surface area contributed by atoms with E-state index in [0.717, 1.165) is 6.42 Å². The maximum atomic E-state index is 13.2. The standard InChI is InChI=1S/C17H24FNO/c1-2-3-4-5-6-7-13-20-17-11-10-16(18)14-15(17)9-8-12-19/h10-11,14H,2-7,12-13,19H2,1H3. The van der Waals surface area contributed by atoms with Gasteiger partial charge in [-0.3, -0.25) is 0 Å². The van der Waals surface area contributed by atoms with E-state index < -0.39 is 0 Å². The molecule has 20 heavy (non-hydrogen) atoms. The van der Waals surface area contributed by atoms with Crippen molar-refractivity contribution < 1.29 is 9.13 Å². The van der Waals surface area contributed by atoms with Gasteiger partial charge in [0.15, 0.2) is 0 Å². The summed E-state index contributed by atoms with van der Waals surface area (Å²) in [4.78, 5) is 0. The summed E-state index contributed by atoms with van der Waals surface area (Å²) in [5.74, 6) is 5.90. The highest BCUT2D eigenvalue weighted by atomic mass is 19.1. The molecule has 0 atom stereocenters. The molecule has 0 spiro atoms. The summed E-state index contributed by atoms with van der Waals surface area (Å²) in [5, 5.41) is 0. The number of ether oxygens (including phenoxy) is 1. The molecule has 2 N–H and O–H groups in total. The maximum absolute atomic E-state index is 13.2. The zero-order chi connectivity index (χ0) is 14.6. The molecule has 3 heteroatoms. The first-order valence-electron chi connectivity index (χ1n) is 7.39. The molecule has 0 bridgehead atoms. The number of hydrogen-bond acceptors (Lipinski definition) is 2. The van der Waals surface area contributed by atoms with Crippen molar-refractivity contribution in [2.75, 3.05) is 13.2 Å². The first-order chi connectivity index (χ1) is 9.77. The van der Waals surface area contributed by atoms with Crippen molar-refractivity contribution in [3.8, 4) is 17.6 Å². The van der Waals surface area contributed by atoms with E-state index >= 15 is 0 Å². The summed E-state index contributed by atoms with van der Waals surface area (Å²) in [6.07, 6.45) is 7.30. The number of benzene rings is 1. The fraction of sp³-hybridized carbons (Fsp3) is 0.529. The van der Waals surface area contributed by atoms with Crippen molar-refractivity contribution in [2.45, 2.75) is 45.4 Å². The van der Waals surface area contributed by atoms with E-state index in [0.29, 0.717) is 17.9 Å². The van der Waals surface area contributed by atoms with Crippen LogP contribution in [0.3, 0.4) is 0 Å². The minimum absolute atomic E-state index is 0.257. The summed E-state index contributed by atoms with van der Waals surface area (Å²) in [6, 6.07) is 4.41. The van der Waals surface area contributed by atoms with Gasteiger partial charge in [-0.1, -0.05) is 50.9 Å². The number of nitrogens with two attached hydrogens (primary N) is 1. The molecule has 110 valence electrons. The van der Waals surface area contributed by atoms with Crippen molar-refractivity contribution in [2.24, 2.45) is 5.73 Å². The molecule has 1 aromatic carbocycles. The number of unbranched alkanes of at least 4 members (excludes halogenated alkanes) is 5.